The number of nitrogens with two attached hydrogens (primary N) is 1. The van der Waals surface area contributed by atoms with Crippen molar-refractivity contribution in [3.63, 3.8) is 0 Å². The maximum atomic E-state index is 11.7. The number of amides is 1. The van der Waals surface area contributed by atoms with E-state index < -0.39 is 18.3 Å². The van der Waals surface area contributed by atoms with Crippen LogP contribution in [0.2, 0.25) is 0 Å². The first-order valence-corrected chi connectivity index (χ1v) is 8.25. The van der Waals surface area contributed by atoms with Crippen LogP contribution in [0.3, 0.4) is 0 Å². The topological polar surface area (TPSA) is 114 Å². The standard InChI is InChI=1S/C19H24N2O5/c1-25-17-8-7-14(20)11-15(17)18(23)16(22)9-10-21-19(24)26-12-13-5-3-2-4-6-13/h2-8,11,16,18,22-23H,9-10,12,20H2,1H3,(H,21,24). The molecule has 0 spiro atoms. The van der Waals surface area contributed by atoms with E-state index in [4.69, 9.17) is 15.2 Å². The number of ether oxygens (including phenoxy) is 2. The summed E-state index contributed by atoms with van der Waals surface area (Å²) in [5.41, 5.74) is 7.45. The quantitative estimate of drug-likeness (QED) is 0.535. The number of alkyl carbamates (subject to hydrolysis) is 1. The van der Waals surface area contributed by atoms with Gasteiger partial charge in [0.25, 0.3) is 0 Å². The summed E-state index contributed by atoms with van der Waals surface area (Å²) < 4.78 is 10.2. The van der Waals surface area contributed by atoms with Crippen molar-refractivity contribution in [2.45, 2.75) is 25.2 Å². The molecule has 2 unspecified atom stereocenters. The molecule has 0 fully saturated rings. The minimum atomic E-state index is -1.18. The van der Waals surface area contributed by atoms with Gasteiger partial charge in [0.15, 0.2) is 0 Å². The minimum Gasteiger partial charge on any atom is -0.496 e. The number of hydrogen-bond donors (Lipinski definition) is 4. The molecule has 2 rings (SSSR count). The van der Waals surface area contributed by atoms with Gasteiger partial charge in [0, 0.05) is 17.8 Å². The van der Waals surface area contributed by atoms with E-state index in [1.54, 1.807) is 18.2 Å². The van der Waals surface area contributed by atoms with Gasteiger partial charge in [0.2, 0.25) is 0 Å². The van der Waals surface area contributed by atoms with Crippen molar-refractivity contribution in [1.82, 2.24) is 5.32 Å². The predicted molar refractivity (Wildman–Crippen MR) is 97.6 cm³/mol. The Kier molecular flexibility index (Phi) is 7.25. The van der Waals surface area contributed by atoms with E-state index in [0.29, 0.717) is 17.0 Å². The van der Waals surface area contributed by atoms with Crippen LogP contribution >= 0.6 is 0 Å². The zero-order valence-electron chi connectivity index (χ0n) is 14.6. The van der Waals surface area contributed by atoms with Crippen molar-refractivity contribution in [3.05, 3.63) is 59.7 Å². The Labute approximate surface area is 152 Å². The van der Waals surface area contributed by atoms with Crippen molar-refractivity contribution >= 4 is 11.8 Å². The van der Waals surface area contributed by atoms with Gasteiger partial charge >= 0.3 is 6.09 Å². The molecule has 2 aromatic carbocycles. The van der Waals surface area contributed by atoms with E-state index in [-0.39, 0.29) is 19.6 Å². The van der Waals surface area contributed by atoms with Crippen LogP contribution in [0.5, 0.6) is 5.75 Å². The lowest BCUT2D eigenvalue weighted by Crippen LogP contribution is -2.30. The Bertz CT molecular complexity index is 708. The van der Waals surface area contributed by atoms with Crippen molar-refractivity contribution in [3.8, 4) is 5.75 Å². The number of carbonyl (C=O) groups excluding carboxylic acids is 1. The molecule has 5 N–H and O–H groups in total. The van der Waals surface area contributed by atoms with E-state index in [2.05, 4.69) is 5.32 Å². The fourth-order valence-electron chi connectivity index (χ4n) is 2.45. The number of anilines is 1. The number of rotatable bonds is 8. The number of nitrogens with one attached hydrogen (secondary N) is 1. The predicted octanol–water partition coefficient (Wildman–Crippen LogP) is 1.99. The highest BCUT2D eigenvalue weighted by Crippen LogP contribution is 2.30. The molecule has 0 saturated carbocycles. The van der Waals surface area contributed by atoms with Gasteiger partial charge < -0.3 is 30.7 Å². The number of methoxy groups -OCH3 is 1. The number of aliphatic hydroxyl groups excluding tert-OH is 2. The van der Waals surface area contributed by atoms with Gasteiger partial charge in [-0.1, -0.05) is 30.3 Å². The van der Waals surface area contributed by atoms with Crippen LogP contribution in [0, 0.1) is 0 Å². The summed E-state index contributed by atoms with van der Waals surface area (Å²) in [4.78, 5) is 11.7. The molecule has 0 aliphatic rings. The van der Waals surface area contributed by atoms with E-state index in [1.807, 2.05) is 30.3 Å². The fraction of sp³-hybridized carbons (Fsp3) is 0.316. The molecule has 1 amide bonds. The summed E-state index contributed by atoms with van der Waals surface area (Å²) in [5.74, 6) is 0.431. The molecule has 0 saturated heterocycles. The van der Waals surface area contributed by atoms with E-state index >= 15 is 0 Å². The lowest BCUT2D eigenvalue weighted by atomic mass is 10.0. The summed E-state index contributed by atoms with van der Waals surface area (Å²) in [6.45, 7) is 0.314. The molecule has 0 aliphatic carbocycles. The molecule has 7 heteroatoms. The van der Waals surface area contributed by atoms with Gasteiger partial charge in [-0.05, 0) is 30.2 Å². The first-order valence-electron chi connectivity index (χ1n) is 8.25. The third kappa shape index (κ3) is 5.65. The van der Waals surface area contributed by atoms with Crippen molar-refractivity contribution in [2.75, 3.05) is 19.4 Å². The van der Waals surface area contributed by atoms with Crippen LogP contribution in [0.15, 0.2) is 48.5 Å². The molecular formula is C19H24N2O5. The van der Waals surface area contributed by atoms with Crippen LogP contribution in [0.1, 0.15) is 23.7 Å². The molecule has 0 aromatic heterocycles. The first-order chi connectivity index (χ1) is 12.5. The maximum absolute atomic E-state index is 11.7. The van der Waals surface area contributed by atoms with Crippen LogP contribution < -0.4 is 15.8 Å². The third-order valence-electron chi connectivity index (χ3n) is 3.86. The minimum absolute atomic E-state index is 0.138. The average Bonchev–Trinajstić information content (AvgIpc) is 2.66. The van der Waals surface area contributed by atoms with Gasteiger partial charge in [-0.3, -0.25) is 0 Å². The first kappa shape index (κ1) is 19.6. The fourth-order valence-corrected chi connectivity index (χ4v) is 2.45. The second-order valence-electron chi connectivity index (χ2n) is 5.79. The number of carbonyl (C=O) groups is 1. The number of hydrogen-bond acceptors (Lipinski definition) is 6. The summed E-state index contributed by atoms with van der Waals surface area (Å²) in [7, 11) is 1.47. The Morgan fingerprint density at radius 1 is 1.19 bits per heavy atom. The molecule has 0 bridgehead atoms. The normalized spacial score (nSPS) is 12.9. The van der Waals surface area contributed by atoms with Crippen LogP contribution in [0.4, 0.5) is 10.5 Å². The average molecular weight is 360 g/mol. The van der Waals surface area contributed by atoms with Crippen LogP contribution in [-0.4, -0.2) is 36.1 Å². The van der Waals surface area contributed by atoms with E-state index in [9.17, 15) is 15.0 Å². The van der Waals surface area contributed by atoms with Crippen LogP contribution in [-0.2, 0) is 11.3 Å². The lowest BCUT2D eigenvalue weighted by molar-refractivity contribution is 0.0124. The molecule has 2 atom stereocenters. The molecule has 0 radical (unpaired) electrons. The third-order valence-corrected chi connectivity index (χ3v) is 3.86. The number of nitrogen functional groups attached to an aromatic ring is 1. The van der Waals surface area contributed by atoms with Gasteiger partial charge in [-0.15, -0.1) is 0 Å². The van der Waals surface area contributed by atoms with Crippen molar-refractivity contribution < 1.29 is 24.5 Å². The molecule has 2 aromatic rings. The number of aliphatic hydroxyl groups is 2. The second-order valence-corrected chi connectivity index (χ2v) is 5.79. The highest BCUT2D eigenvalue weighted by atomic mass is 16.5. The molecule has 7 nitrogen and oxygen atoms in total. The number of benzene rings is 2. The summed E-state index contributed by atoms with van der Waals surface area (Å²) >= 11 is 0. The van der Waals surface area contributed by atoms with Crippen LogP contribution in [0.25, 0.3) is 0 Å². The second kappa shape index (κ2) is 9.65. The Balaban J connectivity index is 1.78. The SMILES string of the molecule is COc1ccc(N)cc1C(O)C(O)CCNC(=O)OCc1ccccc1. The maximum Gasteiger partial charge on any atom is 0.407 e. The van der Waals surface area contributed by atoms with Crippen molar-refractivity contribution in [2.24, 2.45) is 0 Å². The highest BCUT2D eigenvalue weighted by Gasteiger charge is 2.22. The largest absolute Gasteiger partial charge is 0.496 e. The van der Waals surface area contributed by atoms with E-state index in [1.165, 1.54) is 7.11 Å². The van der Waals surface area contributed by atoms with Crippen molar-refractivity contribution in [1.29, 1.82) is 0 Å². The molecule has 0 heterocycles. The smallest absolute Gasteiger partial charge is 0.407 e. The van der Waals surface area contributed by atoms with Gasteiger partial charge in [0.05, 0.1) is 13.2 Å². The zero-order valence-corrected chi connectivity index (χ0v) is 14.6. The summed E-state index contributed by atoms with van der Waals surface area (Å²) in [6.07, 6.45) is -2.73. The highest BCUT2D eigenvalue weighted by molar-refractivity contribution is 5.67. The Morgan fingerprint density at radius 2 is 1.92 bits per heavy atom. The Morgan fingerprint density at radius 3 is 2.62 bits per heavy atom. The van der Waals surface area contributed by atoms with Gasteiger partial charge in [-0.2, -0.15) is 0 Å². The lowest BCUT2D eigenvalue weighted by Gasteiger charge is -2.20. The van der Waals surface area contributed by atoms with E-state index in [0.717, 1.165) is 5.56 Å². The summed E-state index contributed by atoms with van der Waals surface area (Å²) in [6, 6.07) is 14.1. The summed E-state index contributed by atoms with van der Waals surface area (Å²) in [5, 5.41) is 23.0. The zero-order chi connectivity index (χ0) is 18.9. The molecular weight excluding hydrogens is 336 g/mol. The molecule has 0 aliphatic heterocycles. The molecule has 26 heavy (non-hydrogen) atoms. The molecule has 140 valence electrons. The Hall–Kier alpha value is -2.77. The monoisotopic (exact) mass is 360 g/mol. The van der Waals surface area contributed by atoms with Gasteiger partial charge in [-0.25, -0.2) is 4.79 Å². The van der Waals surface area contributed by atoms with Gasteiger partial charge in [0.1, 0.15) is 18.5 Å².